The van der Waals surface area contributed by atoms with Gasteiger partial charge in [0.25, 0.3) is 0 Å². The normalized spacial score (nSPS) is 11.0. The molecule has 0 aliphatic carbocycles. The number of pyridine rings is 1. The Morgan fingerprint density at radius 1 is 0.889 bits per heavy atom. The zero-order valence-corrected chi connectivity index (χ0v) is 15.1. The van der Waals surface area contributed by atoms with Gasteiger partial charge in [0.1, 0.15) is 6.54 Å². The Bertz CT molecular complexity index is 1190. The smallest absolute Gasteiger partial charge is 0.240 e. The topological polar surface area (TPSA) is 51.1 Å². The minimum absolute atomic E-state index is 0.00486. The second kappa shape index (κ2) is 7.08. The molecule has 0 unspecified atom stereocenters. The molecule has 0 saturated heterocycles. The Labute approximate surface area is 157 Å². The summed E-state index contributed by atoms with van der Waals surface area (Å²) in [5, 5.41) is 4.24. The van der Waals surface area contributed by atoms with Crippen molar-refractivity contribution < 1.29 is 4.79 Å². The summed E-state index contributed by atoms with van der Waals surface area (Å²) in [4.78, 5) is 25.5. The fraction of sp³-hybridized carbons (Fsp3) is 0.130. The van der Waals surface area contributed by atoms with E-state index in [1.165, 1.54) is 0 Å². The summed E-state index contributed by atoms with van der Waals surface area (Å²) in [5.41, 5.74) is 3.63. The lowest BCUT2D eigenvalue weighted by Gasteiger charge is -2.15. The Hall–Kier alpha value is -3.40. The van der Waals surface area contributed by atoms with E-state index in [9.17, 15) is 9.59 Å². The summed E-state index contributed by atoms with van der Waals surface area (Å²) in [7, 11) is 0. The number of hydrogen-bond acceptors (Lipinski definition) is 2. The average Bonchev–Trinajstić information content (AvgIpc) is 2.70. The van der Waals surface area contributed by atoms with Crippen LogP contribution in [0.2, 0.25) is 0 Å². The Balaban J connectivity index is 1.74. The van der Waals surface area contributed by atoms with Crippen LogP contribution in [0.5, 0.6) is 0 Å². The van der Waals surface area contributed by atoms with E-state index in [0.717, 1.165) is 22.2 Å². The number of benzene rings is 3. The van der Waals surface area contributed by atoms with Crippen LogP contribution in [0.1, 0.15) is 11.1 Å². The lowest BCUT2D eigenvalue weighted by Crippen LogP contribution is -2.28. The first kappa shape index (κ1) is 17.0. The third-order valence-electron chi connectivity index (χ3n) is 4.76. The summed E-state index contributed by atoms with van der Waals surface area (Å²) in [6.07, 6.45) is 0. The van der Waals surface area contributed by atoms with Crippen molar-refractivity contribution in [3.63, 3.8) is 0 Å². The van der Waals surface area contributed by atoms with Gasteiger partial charge in [-0.1, -0.05) is 54.1 Å². The number of carbonyl (C=O) groups is 1. The van der Waals surface area contributed by atoms with Crippen molar-refractivity contribution in [1.82, 2.24) is 9.88 Å². The number of fused-ring (bicyclic) bond motifs is 2. The van der Waals surface area contributed by atoms with Crippen LogP contribution in [0.15, 0.2) is 77.6 Å². The molecule has 4 heteroatoms. The maximum Gasteiger partial charge on any atom is 0.240 e. The van der Waals surface area contributed by atoms with Crippen molar-refractivity contribution in [2.24, 2.45) is 0 Å². The van der Waals surface area contributed by atoms with Gasteiger partial charge < -0.3 is 9.88 Å². The van der Waals surface area contributed by atoms with Crippen molar-refractivity contribution in [3.8, 4) is 0 Å². The second-order valence-corrected chi connectivity index (χ2v) is 6.72. The molecule has 4 nitrogen and oxygen atoms in total. The van der Waals surface area contributed by atoms with Crippen LogP contribution in [0, 0.1) is 6.92 Å². The molecule has 1 heterocycles. The summed E-state index contributed by atoms with van der Waals surface area (Å²) in [6, 6.07) is 23.0. The molecule has 4 aromatic rings. The molecule has 0 aliphatic rings. The van der Waals surface area contributed by atoms with Crippen molar-refractivity contribution in [2.75, 3.05) is 0 Å². The van der Waals surface area contributed by atoms with Gasteiger partial charge in [-0.3, -0.25) is 9.59 Å². The molecule has 0 bridgehead atoms. The summed E-state index contributed by atoms with van der Waals surface area (Å²) in [5.74, 6) is -0.0884. The molecule has 1 aromatic heterocycles. The van der Waals surface area contributed by atoms with E-state index in [4.69, 9.17) is 0 Å². The van der Waals surface area contributed by atoms with Crippen LogP contribution in [0.3, 0.4) is 0 Å². The van der Waals surface area contributed by atoms with Crippen LogP contribution in [0.4, 0.5) is 0 Å². The molecule has 4 rings (SSSR count). The number of aryl methyl sites for hydroxylation is 1. The number of nitrogens with one attached hydrogen (secondary N) is 1. The van der Waals surface area contributed by atoms with Gasteiger partial charge in [0.15, 0.2) is 5.43 Å². The Kier molecular flexibility index (Phi) is 4.47. The molecule has 0 spiro atoms. The predicted octanol–water partition coefficient (Wildman–Crippen LogP) is 3.78. The molecular weight excluding hydrogens is 336 g/mol. The first-order chi connectivity index (χ1) is 13.1. The maximum absolute atomic E-state index is 12.9. The van der Waals surface area contributed by atoms with E-state index in [2.05, 4.69) is 5.32 Å². The molecular formula is C23H20N2O2. The minimum atomic E-state index is -0.0884. The first-order valence-electron chi connectivity index (χ1n) is 8.96. The van der Waals surface area contributed by atoms with E-state index in [0.29, 0.717) is 17.3 Å². The van der Waals surface area contributed by atoms with Gasteiger partial charge in [-0.25, -0.2) is 0 Å². The van der Waals surface area contributed by atoms with Crippen molar-refractivity contribution in [1.29, 1.82) is 0 Å². The van der Waals surface area contributed by atoms with Gasteiger partial charge in [0.2, 0.25) is 5.91 Å². The third-order valence-corrected chi connectivity index (χ3v) is 4.76. The van der Waals surface area contributed by atoms with Crippen molar-refractivity contribution >= 4 is 27.7 Å². The molecule has 0 aliphatic heterocycles. The molecule has 27 heavy (non-hydrogen) atoms. The highest BCUT2D eigenvalue weighted by atomic mass is 16.2. The molecule has 3 aromatic carbocycles. The molecule has 0 saturated carbocycles. The molecule has 1 amide bonds. The van der Waals surface area contributed by atoms with Crippen LogP contribution in [0.25, 0.3) is 21.8 Å². The third kappa shape index (κ3) is 3.34. The summed E-state index contributed by atoms with van der Waals surface area (Å²) < 4.78 is 1.92. The van der Waals surface area contributed by atoms with E-state index < -0.39 is 0 Å². The van der Waals surface area contributed by atoms with Crippen molar-refractivity contribution in [3.05, 3.63) is 94.1 Å². The number of para-hydroxylation sites is 1. The van der Waals surface area contributed by atoms with Crippen LogP contribution < -0.4 is 10.7 Å². The van der Waals surface area contributed by atoms with Gasteiger partial charge in [0.05, 0.1) is 11.0 Å². The van der Waals surface area contributed by atoms with E-state index in [1.807, 2.05) is 84.3 Å². The summed E-state index contributed by atoms with van der Waals surface area (Å²) in [6.45, 7) is 2.60. The molecule has 0 radical (unpaired) electrons. The number of nitrogens with zero attached hydrogens (tertiary/aromatic N) is 1. The fourth-order valence-corrected chi connectivity index (χ4v) is 3.41. The van der Waals surface area contributed by atoms with Gasteiger partial charge in [-0.2, -0.15) is 0 Å². The Morgan fingerprint density at radius 2 is 1.59 bits per heavy atom. The predicted molar refractivity (Wildman–Crippen MR) is 109 cm³/mol. The standard InChI is InChI=1S/C23H20N2O2/c1-16-11-12-21-19(13-16)23(27)18-9-5-6-10-20(18)25(21)15-22(26)24-14-17-7-3-2-4-8-17/h2-13H,14-15H2,1H3,(H,24,26). The highest BCUT2D eigenvalue weighted by molar-refractivity contribution is 5.95. The lowest BCUT2D eigenvalue weighted by molar-refractivity contribution is -0.121. The number of amides is 1. The SMILES string of the molecule is Cc1ccc2c(c1)c(=O)c1ccccc1n2CC(=O)NCc1ccccc1. The quantitative estimate of drug-likeness (QED) is 0.566. The maximum atomic E-state index is 12.9. The Morgan fingerprint density at radius 3 is 2.41 bits per heavy atom. The van der Waals surface area contributed by atoms with E-state index >= 15 is 0 Å². The fourth-order valence-electron chi connectivity index (χ4n) is 3.41. The number of carbonyl (C=O) groups excluding carboxylic acids is 1. The zero-order valence-electron chi connectivity index (χ0n) is 15.1. The second-order valence-electron chi connectivity index (χ2n) is 6.72. The highest BCUT2D eigenvalue weighted by Gasteiger charge is 2.13. The summed E-state index contributed by atoms with van der Waals surface area (Å²) >= 11 is 0. The van der Waals surface area contributed by atoms with Crippen LogP contribution in [-0.4, -0.2) is 10.5 Å². The zero-order chi connectivity index (χ0) is 18.8. The van der Waals surface area contributed by atoms with Crippen LogP contribution in [-0.2, 0) is 17.9 Å². The van der Waals surface area contributed by atoms with Crippen molar-refractivity contribution in [2.45, 2.75) is 20.0 Å². The first-order valence-corrected chi connectivity index (χ1v) is 8.96. The molecule has 134 valence electrons. The minimum Gasteiger partial charge on any atom is -0.350 e. The van der Waals surface area contributed by atoms with Gasteiger partial charge in [-0.15, -0.1) is 0 Å². The van der Waals surface area contributed by atoms with Gasteiger partial charge in [-0.05, 0) is 36.8 Å². The van der Waals surface area contributed by atoms with Gasteiger partial charge in [0, 0.05) is 17.3 Å². The highest BCUT2D eigenvalue weighted by Crippen LogP contribution is 2.20. The number of hydrogen-bond donors (Lipinski definition) is 1. The lowest BCUT2D eigenvalue weighted by atomic mass is 10.1. The molecule has 0 atom stereocenters. The molecule has 1 N–H and O–H groups in total. The number of aromatic nitrogens is 1. The van der Waals surface area contributed by atoms with Gasteiger partial charge >= 0.3 is 0 Å². The van der Waals surface area contributed by atoms with E-state index in [-0.39, 0.29) is 17.9 Å². The largest absolute Gasteiger partial charge is 0.350 e. The number of rotatable bonds is 4. The monoisotopic (exact) mass is 356 g/mol. The average molecular weight is 356 g/mol. The van der Waals surface area contributed by atoms with E-state index in [1.54, 1.807) is 0 Å². The molecule has 0 fully saturated rings. The van der Waals surface area contributed by atoms with Crippen LogP contribution >= 0.6 is 0 Å².